The van der Waals surface area contributed by atoms with Crippen molar-refractivity contribution in [2.24, 2.45) is 4.99 Å². The molecule has 1 N–H and O–H groups in total. The van der Waals surface area contributed by atoms with Crippen LogP contribution in [0.2, 0.25) is 5.02 Å². The summed E-state index contributed by atoms with van der Waals surface area (Å²) in [6, 6.07) is 2.35. The lowest BCUT2D eigenvalue weighted by atomic mass is 10.1. The number of benzene rings is 1. The predicted octanol–water partition coefficient (Wildman–Crippen LogP) is 3.21. The number of aromatic nitrogens is 1. The molecule has 2 heterocycles. The van der Waals surface area contributed by atoms with Gasteiger partial charge >= 0.3 is 5.97 Å². The number of carbonyl (C=O) groups is 1. The Labute approximate surface area is 164 Å². The molecule has 2 aromatic rings. The topological polar surface area (TPSA) is 80.9 Å². The Hall–Kier alpha value is -1.90. The van der Waals surface area contributed by atoms with Crippen LogP contribution < -0.4 is 5.43 Å². The largest absolute Gasteiger partial charge is 0.462 e. The summed E-state index contributed by atoms with van der Waals surface area (Å²) in [6.45, 7) is 5.38. The second kappa shape index (κ2) is 7.26. The van der Waals surface area contributed by atoms with Crippen molar-refractivity contribution in [2.45, 2.75) is 38.3 Å². The quantitative estimate of drug-likeness (QED) is 0.780. The summed E-state index contributed by atoms with van der Waals surface area (Å²) >= 11 is 7.28. The third kappa shape index (κ3) is 3.74. The average molecular weight is 413 g/mol. The number of esters is 1. The highest BCUT2D eigenvalue weighted by molar-refractivity contribution is 8.14. The zero-order valence-corrected chi connectivity index (χ0v) is 16.5. The normalized spacial score (nSPS) is 22.1. The van der Waals surface area contributed by atoms with Crippen LogP contribution in [-0.2, 0) is 11.3 Å². The summed E-state index contributed by atoms with van der Waals surface area (Å²) in [5.74, 6) is -1.53. The number of halogens is 2. The maximum absolute atomic E-state index is 13.9. The molecule has 0 saturated heterocycles. The second-order valence-corrected chi connectivity index (χ2v) is 8.18. The fourth-order valence-electron chi connectivity index (χ4n) is 2.77. The Balaban J connectivity index is 2.18. The van der Waals surface area contributed by atoms with E-state index in [-0.39, 0.29) is 34.4 Å². The molecule has 1 aromatic heterocycles. The summed E-state index contributed by atoms with van der Waals surface area (Å²) in [5, 5.41) is 10.6. The summed E-state index contributed by atoms with van der Waals surface area (Å²) in [6.07, 6.45) is 1.36. The van der Waals surface area contributed by atoms with Gasteiger partial charge in [-0.3, -0.25) is 4.79 Å². The summed E-state index contributed by atoms with van der Waals surface area (Å²) < 4.78 is 20.5. The molecule has 1 aliphatic heterocycles. The predicted molar refractivity (Wildman–Crippen MR) is 104 cm³/mol. The number of rotatable bonds is 4. The van der Waals surface area contributed by atoms with Crippen molar-refractivity contribution < 1.29 is 19.0 Å². The van der Waals surface area contributed by atoms with Gasteiger partial charge < -0.3 is 14.4 Å². The van der Waals surface area contributed by atoms with Crippen molar-refractivity contribution in [3.05, 3.63) is 45.0 Å². The van der Waals surface area contributed by atoms with E-state index >= 15 is 0 Å². The van der Waals surface area contributed by atoms with Crippen molar-refractivity contribution in [1.82, 2.24) is 4.57 Å². The molecule has 3 rings (SSSR count). The third-order valence-electron chi connectivity index (χ3n) is 4.36. The Morgan fingerprint density at radius 3 is 2.81 bits per heavy atom. The number of pyridine rings is 1. The van der Waals surface area contributed by atoms with Crippen molar-refractivity contribution in [1.29, 1.82) is 0 Å². The number of carbonyl (C=O) groups excluding carboxylic acids is 1. The van der Waals surface area contributed by atoms with Crippen LogP contribution in [0.25, 0.3) is 10.9 Å². The van der Waals surface area contributed by atoms with E-state index in [4.69, 9.17) is 16.3 Å². The molecule has 6 nitrogen and oxygen atoms in total. The molecule has 0 aliphatic carbocycles. The maximum atomic E-state index is 13.9. The molecular weight excluding hydrogens is 395 g/mol. The van der Waals surface area contributed by atoms with E-state index in [1.54, 1.807) is 18.4 Å². The maximum Gasteiger partial charge on any atom is 0.343 e. The van der Waals surface area contributed by atoms with Gasteiger partial charge in [0, 0.05) is 11.6 Å². The minimum atomic E-state index is -1.21. The van der Waals surface area contributed by atoms with Crippen LogP contribution in [0.15, 0.2) is 28.1 Å². The molecule has 0 bridgehead atoms. The van der Waals surface area contributed by atoms with Crippen molar-refractivity contribution >= 4 is 45.3 Å². The minimum Gasteiger partial charge on any atom is -0.462 e. The van der Waals surface area contributed by atoms with E-state index in [1.165, 1.54) is 24.0 Å². The lowest BCUT2D eigenvalue weighted by molar-refractivity contribution is 0.0524. The zero-order chi connectivity index (χ0) is 19.9. The minimum absolute atomic E-state index is 0.0193. The highest BCUT2D eigenvalue weighted by Gasteiger charge is 2.35. The van der Waals surface area contributed by atoms with Crippen molar-refractivity contribution in [3.8, 4) is 0 Å². The number of ether oxygens (including phenoxy) is 1. The van der Waals surface area contributed by atoms with Gasteiger partial charge in [0.05, 0.1) is 34.0 Å². The van der Waals surface area contributed by atoms with E-state index in [0.29, 0.717) is 10.6 Å². The molecule has 2 atom stereocenters. The molecule has 1 aliphatic rings. The number of fused-ring (bicyclic) bond motifs is 1. The number of nitrogens with zero attached hydrogens (tertiary/aromatic N) is 2. The Morgan fingerprint density at radius 2 is 2.22 bits per heavy atom. The molecule has 144 valence electrons. The number of aliphatic hydroxyl groups is 1. The Morgan fingerprint density at radius 1 is 1.52 bits per heavy atom. The van der Waals surface area contributed by atoms with Crippen LogP contribution in [0.5, 0.6) is 0 Å². The first-order valence-electron chi connectivity index (χ1n) is 8.31. The van der Waals surface area contributed by atoms with E-state index in [1.807, 2.05) is 6.92 Å². The summed E-state index contributed by atoms with van der Waals surface area (Å²) in [7, 11) is 0. The first-order chi connectivity index (χ1) is 12.6. The van der Waals surface area contributed by atoms with Gasteiger partial charge in [0.25, 0.3) is 0 Å². The molecule has 27 heavy (non-hydrogen) atoms. The first kappa shape index (κ1) is 19.9. The van der Waals surface area contributed by atoms with Crippen molar-refractivity contribution in [3.63, 3.8) is 0 Å². The SMILES string of the molecule is CCOC(=O)c1cn(CC2=NC(C)(O)C(C)S2)c2cc(Cl)c(F)cc2c1=O. The van der Waals surface area contributed by atoms with Crippen LogP contribution in [0.4, 0.5) is 4.39 Å². The first-order valence-corrected chi connectivity index (χ1v) is 9.57. The molecule has 9 heteroatoms. The van der Waals surface area contributed by atoms with E-state index in [9.17, 15) is 19.1 Å². The van der Waals surface area contributed by atoms with Gasteiger partial charge in [0.1, 0.15) is 11.4 Å². The highest BCUT2D eigenvalue weighted by Crippen LogP contribution is 2.34. The number of thioether (sulfide) groups is 1. The van der Waals surface area contributed by atoms with Crippen molar-refractivity contribution in [2.75, 3.05) is 6.61 Å². The monoisotopic (exact) mass is 412 g/mol. The van der Waals surface area contributed by atoms with E-state index < -0.39 is 22.9 Å². The molecule has 0 fully saturated rings. The third-order valence-corrected chi connectivity index (χ3v) is 5.94. The van der Waals surface area contributed by atoms with Crippen LogP contribution in [-0.4, -0.2) is 38.3 Å². The Bertz CT molecular complexity index is 1020. The lowest BCUT2D eigenvalue weighted by Crippen LogP contribution is -2.28. The van der Waals surface area contributed by atoms with Gasteiger partial charge in [-0.15, -0.1) is 11.8 Å². The van der Waals surface area contributed by atoms with Crippen LogP contribution >= 0.6 is 23.4 Å². The van der Waals surface area contributed by atoms with Gasteiger partial charge in [0.15, 0.2) is 5.72 Å². The average Bonchev–Trinajstić information content (AvgIpc) is 2.84. The van der Waals surface area contributed by atoms with Gasteiger partial charge in [0.2, 0.25) is 5.43 Å². The van der Waals surface area contributed by atoms with Crippen LogP contribution in [0.1, 0.15) is 31.1 Å². The second-order valence-electron chi connectivity index (χ2n) is 6.36. The van der Waals surface area contributed by atoms with Gasteiger partial charge in [-0.1, -0.05) is 11.6 Å². The fourth-order valence-corrected chi connectivity index (χ4v) is 4.07. The molecule has 0 amide bonds. The lowest BCUT2D eigenvalue weighted by Gasteiger charge is -2.16. The summed E-state index contributed by atoms with van der Waals surface area (Å²) in [4.78, 5) is 29.1. The van der Waals surface area contributed by atoms with E-state index in [2.05, 4.69) is 4.99 Å². The van der Waals surface area contributed by atoms with Gasteiger partial charge in [-0.25, -0.2) is 14.2 Å². The number of hydrogen-bond acceptors (Lipinski definition) is 6. The van der Waals surface area contributed by atoms with Crippen LogP contribution in [0, 0.1) is 5.82 Å². The highest BCUT2D eigenvalue weighted by atomic mass is 35.5. The smallest absolute Gasteiger partial charge is 0.343 e. The van der Waals surface area contributed by atoms with Crippen LogP contribution in [0.3, 0.4) is 0 Å². The van der Waals surface area contributed by atoms with Gasteiger partial charge in [-0.05, 0) is 32.9 Å². The Kier molecular flexibility index (Phi) is 5.33. The zero-order valence-electron chi connectivity index (χ0n) is 15.0. The molecule has 0 spiro atoms. The standard InChI is InChI=1S/C18H18ClFN2O4S/c1-4-26-17(24)11-7-22(8-15-21-18(3,25)9(2)27-15)14-6-12(19)13(20)5-10(14)16(11)23/h5-7,9,25H,4,8H2,1-3H3. The number of aliphatic imine (C=N–C) groups is 1. The molecule has 0 saturated carbocycles. The van der Waals surface area contributed by atoms with E-state index in [0.717, 1.165) is 6.07 Å². The molecule has 1 aromatic carbocycles. The number of hydrogen-bond donors (Lipinski definition) is 1. The summed E-state index contributed by atoms with van der Waals surface area (Å²) in [5.41, 5.74) is -1.67. The molecule has 0 radical (unpaired) electrons. The fraction of sp³-hybridized carbons (Fsp3) is 0.389. The molecule has 2 unspecified atom stereocenters. The molecular formula is C18H18ClFN2O4S. The van der Waals surface area contributed by atoms with Gasteiger partial charge in [-0.2, -0.15) is 0 Å².